The molecule has 2 N–H and O–H groups in total. The first kappa shape index (κ1) is 13.1. The van der Waals surface area contributed by atoms with Crippen molar-refractivity contribution in [2.24, 2.45) is 11.8 Å². The van der Waals surface area contributed by atoms with Gasteiger partial charge in [0.25, 0.3) is 0 Å². The van der Waals surface area contributed by atoms with E-state index >= 15 is 0 Å². The van der Waals surface area contributed by atoms with Crippen molar-refractivity contribution in [3.05, 3.63) is 18.2 Å². The maximum Gasteiger partial charge on any atom is 0.143 e. The molecule has 1 aromatic carbocycles. The number of piperidine rings is 1. The Bertz CT molecular complexity index is 419. The SMILES string of the molecule is COc1cccc(N2CC(C)CC(C)C2C)c1N. The Morgan fingerprint density at radius 2 is 2.00 bits per heavy atom. The lowest BCUT2D eigenvalue weighted by atomic mass is 9.85. The first-order valence-electron chi connectivity index (χ1n) is 6.73. The Labute approximate surface area is 110 Å². The predicted octanol–water partition coefficient (Wildman–Crippen LogP) is 3.15. The molecule has 1 fully saturated rings. The first-order valence-corrected chi connectivity index (χ1v) is 6.73. The van der Waals surface area contributed by atoms with Crippen LogP contribution in [0.3, 0.4) is 0 Å². The molecular weight excluding hydrogens is 224 g/mol. The van der Waals surface area contributed by atoms with Crippen LogP contribution in [0.5, 0.6) is 5.75 Å². The van der Waals surface area contributed by atoms with Gasteiger partial charge in [0, 0.05) is 12.6 Å². The Kier molecular flexibility index (Phi) is 3.69. The van der Waals surface area contributed by atoms with E-state index in [2.05, 4.69) is 31.7 Å². The molecule has 1 aromatic rings. The second-order valence-corrected chi connectivity index (χ2v) is 5.60. The molecule has 1 aliphatic rings. The number of nitrogens with zero attached hydrogens (tertiary/aromatic N) is 1. The van der Waals surface area contributed by atoms with Gasteiger partial charge in [-0.1, -0.05) is 19.9 Å². The number of anilines is 2. The van der Waals surface area contributed by atoms with Gasteiger partial charge >= 0.3 is 0 Å². The van der Waals surface area contributed by atoms with E-state index in [9.17, 15) is 0 Å². The van der Waals surface area contributed by atoms with Crippen molar-refractivity contribution in [1.82, 2.24) is 0 Å². The smallest absolute Gasteiger partial charge is 0.143 e. The summed E-state index contributed by atoms with van der Waals surface area (Å²) in [6.45, 7) is 7.99. The van der Waals surface area contributed by atoms with Crippen molar-refractivity contribution in [2.45, 2.75) is 33.2 Å². The zero-order chi connectivity index (χ0) is 13.3. The molecule has 3 nitrogen and oxygen atoms in total. The summed E-state index contributed by atoms with van der Waals surface area (Å²) >= 11 is 0. The fourth-order valence-corrected chi connectivity index (χ4v) is 2.99. The molecule has 0 spiro atoms. The summed E-state index contributed by atoms with van der Waals surface area (Å²) in [5.74, 6) is 2.17. The van der Waals surface area contributed by atoms with Gasteiger partial charge in [-0.05, 0) is 37.3 Å². The Hall–Kier alpha value is -1.38. The van der Waals surface area contributed by atoms with Crippen LogP contribution >= 0.6 is 0 Å². The lowest BCUT2D eigenvalue weighted by Crippen LogP contribution is -2.46. The summed E-state index contributed by atoms with van der Waals surface area (Å²) in [5, 5.41) is 0. The third-order valence-electron chi connectivity index (χ3n) is 4.17. The van der Waals surface area contributed by atoms with E-state index in [0.717, 1.165) is 23.7 Å². The summed E-state index contributed by atoms with van der Waals surface area (Å²) < 4.78 is 5.31. The van der Waals surface area contributed by atoms with E-state index in [-0.39, 0.29) is 0 Å². The third kappa shape index (κ3) is 2.26. The Morgan fingerprint density at radius 1 is 1.28 bits per heavy atom. The molecule has 0 aromatic heterocycles. The number of methoxy groups -OCH3 is 1. The van der Waals surface area contributed by atoms with Gasteiger partial charge < -0.3 is 15.4 Å². The highest BCUT2D eigenvalue weighted by Crippen LogP contribution is 2.37. The van der Waals surface area contributed by atoms with Crippen molar-refractivity contribution >= 4 is 11.4 Å². The molecule has 0 amide bonds. The number of benzene rings is 1. The van der Waals surface area contributed by atoms with E-state index in [0.29, 0.717) is 17.9 Å². The van der Waals surface area contributed by atoms with Crippen LogP contribution in [0, 0.1) is 11.8 Å². The number of hydrogen-bond acceptors (Lipinski definition) is 3. The highest BCUT2D eigenvalue weighted by Gasteiger charge is 2.30. The number of nitrogens with two attached hydrogens (primary N) is 1. The molecule has 0 aliphatic carbocycles. The second-order valence-electron chi connectivity index (χ2n) is 5.60. The lowest BCUT2D eigenvalue weighted by molar-refractivity contribution is 0.297. The predicted molar refractivity (Wildman–Crippen MR) is 77.2 cm³/mol. The summed E-state index contributed by atoms with van der Waals surface area (Å²) in [6.07, 6.45) is 1.29. The van der Waals surface area contributed by atoms with Crippen molar-refractivity contribution in [1.29, 1.82) is 0 Å². The van der Waals surface area contributed by atoms with E-state index in [1.807, 2.05) is 12.1 Å². The van der Waals surface area contributed by atoms with Gasteiger partial charge in [0.05, 0.1) is 18.5 Å². The van der Waals surface area contributed by atoms with Crippen LogP contribution in [0.2, 0.25) is 0 Å². The standard InChI is InChI=1S/C15H24N2O/c1-10-8-11(2)12(3)17(9-10)13-6-5-7-14(18-4)15(13)16/h5-7,10-12H,8-9,16H2,1-4H3. The van der Waals surface area contributed by atoms with Gasteiger partial charge in [0.15, 0.2) is 0 Å². The number of hydrogen-bond donors (Lipinski definition) is 1. The summed E-state index contributed by atoms with van der Waals surface area (Å²) in [6, 6.07) is 6.55. The number of nitrogen functional groups attached to an aromatic ring is 1. The molecule has 3 atom stereocenters. The van der Waals surface area contributed by atoms with Crippen LogP contribution in [0.15, 0.2) is 18.2 Å². The van der Waals surface area contributed by atoms with Gasteiger partial charge in [-0.15, -0.1) is 0 Å². The summed E-state index contributed by atoms with van der Waals surface area (Å²) in [7, 11) is 1.67. The molecule has 3 unspecified atom stereocenters. The monoisotopic (exact) mass is 248 g/mol. The van der Waals surface area contributed by atoms with E-state index < -0.39 is 0 Å². The van der Waals surface area contributed by atoms with Crippen LogP contribution in [0.1, 0.15) is 27.2 Å². The van der Waals surface area contributed by atoms with Gasteiger partial charge in [-0.2, -0.15) is 0 Å². The summed E-state index contributed by atoms with van der Waals surface area (Å²) in [5.41, 5.74) is 8.08. The average Bonchev–Trinajstić information content (AvgIpc) is 2.34. The maximum absolute atomic E-state index is 6.21. The van der Waals surface area contributed by atoms with Crippen molar-refractivity contribution in [3.8, 4) is 5.75 Å². The molecule has 0 radical (unpaired) electrons. The van der Waals surface area contributed by atoms with Gasteiger partial charge in [-0.25, -0.2) is 0 Å². The van der Waals surface area contributed by atoms with Gasteiger partial charge in [0.1, 0.15) is 5.75 Å². The first-order chi connectivity index (χ1) is 8.54. The number of para-hydroxylation sites is 1. The zero-order valence-corrected chi connectivity index (χ0v) is 11.8. The normalized spacial score (nSPS) is 28.2. The number of rotatable bonds is 2. The molecule has 18 heavy (non-hydrogen) atoms. The second kappa shape index (κ2) is 5.09. The van der Waals surface area contributed by atoms with Gasteiger partial charge in [0.2, 0.25) is 0 Å². The van der Waals surface area contributed by atoms with Crippen molar-refractivity contribution < 1.29 is 4.74 Å². The molecule has 1 aliphatic heterocycles. The highest BCUT2D eigenvalue weighted by atomic mass is 16.5. The Balaban J connectivity index is 2.35. The minimum absolute atomic E-state index is 0.524. The fourth-order valence-electron chi connectivity index (χ4n) is 2.99. The minimum atomic E-state index is 0.524. The van der Waals surface area contributed by atoms with E-state index in [4.69, 9.17) is 10.5 Å². The topological polar surface area (TPSA) is 38.5 Å². The van der Waals surface area contributed by atoms with Crippen LogP contribution in [0.25, 0.3) is 0 Å². The number of ether oxygens (including phenoxy) is 1. The molecule has 100 valence electrons. The molecule has 2 rings (SSSR count). The molecule has 3 heteroatoms. The molecule has 0 bridgehead atoms. The third-order valence-corrected chi connectivity index (χ3v) is 4.17. The molecule has 1 heterocycles. The molecular formula is C15H24N2O. The quantitative estimate of drug-likeness (QED) is 0.817. The van der Waals surface area contributed by atoms with Crippen molar-refractivity contribution in [3.63, 3.8) is 0 Å². The van der Waals surface area contributed by atoms with Crippen LogP contribution < -0.4 is 15.4 Å². The van der Waals surface area contributed by atoms with Gasteiger partial charge in [-0.3, -0.25) is 0 Å². The molecule has 1 saturated heterocycles. The van der Waals surface area contributed by atoms with E-state index in [1.165, 1.54) is 6.42 Å². The lowest BCUT2D eigenvalue weighted by Gasteiger charge is -2.43. The average molecular weight is 248 g/mol. The Morgan fingerprint density at radius 3 is 2.67 bits per heavy atom. The maximum atomic E-state index is 6.21. The van der Waals surface area contributed by atoms with E-state index in [1.54, 1.807) is 7.11 Å². The largest absolute Gasteiger partial charge is 0.495 e. The van der Waals surface area contributed by atoms with Crippen molar-refractivity contribution in [2.75, 3.05) is 24.3 Å². The van der Waals surface area contributed by atoms with Crippen LogP contribution in [-0.4, -0.2) is 19.7 Å². The molecule has 0 saturated carbocycles. The fraction of sp³-hybridized carbons (Fsp3) is 0.600. The highest BCUT2D eigenvalue weighted by molar-refractivity contribution is 5.74. The van der Waals surface area contributed by atoms with Crippen LogP contribution in [-0.2, 0) is 0 Å². The minimum Gasteiger partial charge on any atom is -0.495 e. The van der Waals surface area contributed by atoms with Crippen LogP contribution in [0.4, 0.5) is 11.4 Å². The zero-order valence-electron chi connectivity index (χ0n) is 11.8. The summed E-state index contributed by atoms with van der Waals surface area (Å²) in [4.78, 5) is 2.43.